The Hall–Kier alpha value is -3.08. The molecule has 0 aliphatic heterocycles. The highest BCUT2D eigenvalue weighted by atomic mass is 32.1. The van der Waals surface area contributed by atoms with E-state index in [-0.39, 0.29) is 16.1 Å². The quantitative estimate of drug-likeness (QED) is 0.723. The van der Waals surface area contributed by atoms with Gasteiger partial charge < -0.3 is 20.5 Å². The van der Waals surface area contributed by atoms with Crippen LogP contribution in [0.1, 0.15) is 27.6 Å². The molecule has 0 spiro atoms. The van der Waals surface area contributed by atoms with E-state index in [1.807, 2.05) is 0 Å². The molecular weight excluding hydrogens is 389 g/mol. The maximum Gasteiger partial charge on any atom is 0.573 e. The van der Waals surface area contributed by atoms with Gasteiger partial charge in [0.1, 0.15) is 10.8 Å². The van der Waals surface area contributed by atoms with E-state index in [4.69, 9.17) is 10.5 Å². The maximum atomic E-state index is 12.1. The van der Waals surface area contributed by atoms with E-state index >= 15 is 0 Å². The first-order valence-electron chi connectivity index (χ1n) is 7.32. The zero-order valence-electron chi connectivity index (χ0n) is 13.7. The Morgan fingerprint density at radius 3 is 2.33 bits per heavy atom. The molecule has 1 aromatic heterocycles. The first-order chi connectivity index (χ1) is 12.6. The molecular formula is C16H13F3N2O5S. The minimum absolute atomic E-state index is 0.0712. The Bertz CT molecular complexity index is 848. The van der Waals surface area contributed by atoms with Gasteiger partial charge in [-0.2, -0.15) is 0 Å². The summed E-state index contributed by atoms with van der Waals surface area (Å²) >= 11 is 1.07. The molecule has 144 valence electrons. The number of halogens is 3. The number of primary amides is 1. The molecule has 0 radical (unpaired) electrons. The molecule has 1 atom stereocenters. The molecule has 2 aromatic rings. The number of benzene rings is 1. The second-order valence-corrected chi connectivity index (χ2v) is 6.05. The van der Waals surface area contributed by atoms with Gasteiger partial charge in [0.2, 0.25) is 0 Å². The molecule has 0 aliphatic rings. The number of nitrogens with two attached hydrogens (primary N) is 1. The van der Waals surface area contributed by atoms with Crippen molar-refractivity contribution in [2.75, 3.05) is 5.32 Å². The Balaban J connectivity index is 1.97. The highest BCUT2D eigenvalue weighted by Gasteiger charge is 2.31. The Morgan fingerprint density at radius 2 is 1.78 bits per heavy atom. The van der Waals surface area contributed by atoms with Gasteiger partial charge >= 0.3 is 12.3 Å². The standard InChI is InChI=1S/C16H13F3N2O5S/c1-8(13(23)21-14-11(12(20)22)6-7-27-14)25-15(24)9-2-4-10(5-3-9)26-16(17,18)19/h2-8H,1H3,(H2,20,22)(H,21,23)/t8-/m0/s1. The summed E-state index contributed by atoms with van der Waals surface area (Å²) in [7, 11) is 0. The summed E-state index contributed by atoms with van der Waals surface area (Å²) in [5, 5.41) is 4.18. The third-order valence-corrected chi connectivity index (χ3v) is 3.97. The minimum Gasteiger partial charge on any atom is -0.449 e. The summed E-state index contributed by atoms with van der Waals surface area (Å²) in [5.41, 5.74) is 5.22. The van der Waals surface area contributed by atoms with Gasteiger partial charge in [-0.1, -0.05) is 0 Å². The first kappa shape index (κ1) is 20.2. The molecule has 1 aromatic carbocycles. The number of carbonyl (C=O) groups is 3. The molecule has 0 fully saturated rings. The summed E-state index contributed by atoms with van der Waals surface area (Å²) in [6.45, 7) is 1.30. The van der Waals surface area contributed by atoms with E-state index in [9.17, 15) is 27.6 Å². The number of carbonyl (C=O) groups excluding carboxylic acids is 3. The summed E-state index contributed by atoms with van der Waals surface area (Å²) in [6, 6.07) is 5.46. The Kier molecular flexibility index (Phi) is 6.05. The van der Waals surface area contributed by atoms with Crippen molar-refractivity contribution in [1.29, 1.82) is 0 Å². The zero-order valence-corrected chi connectivity index (χ0v) is 14.5. The number of anilines is 1. The van der Waals surface area contributed by atoms with Crippen molar-refractivity contribution in [3.05, 3.63) is 46.8 Å². The van der Waals surface area contributed by atoms with E-state index in [1.165, 1.54) is 13.0 Å². The number of nitrogens with one attached hydrogen (secondary N) is 1. The lowest BCUT2D eigenvalue weighted by atomic mass is 10.2. The third-order valence-electron chi connectivity index (χ3n) is 3.14. The average Bonchev–Trinajstić information content (AvgIpc) is 3.02. The van der Waals surface area contributed by atoms with Crippen LogP contribution in [0.5, 0.6) is 5.75 Å². The van der Waals surface area contributed by atoms with Crippen LogP contribution in [-0.2, 0) is 9.53 Å². The van der Waals surface area contributed by atoms with Crippen LogP contribution in [0.3, 0.4) is 0 Å². The molecule has 2 rings (SSSR count). The van der Waals surface area contributed by atoms with Crippen LogP contribution in [0, 0.1) is 0 Å². The molecule has 2 amide bonds. The van der Waals surface area contributed by atoms with Crippen molar-refractivity contribution in [2.45, 2.75) is 19.4 Å². The Labute approximate surface area is 154 Å². The van der Waals surface area contributed by atoms with Crippen molar-refractivity contribution in [2.24, 2.45) is 5.73 Å². The molecule has 0 bridgehead atoms. The topological polar surface area (TPSA) is 108 Å². The summed E-state index contributed by atoms with van der Waals surface area (Å²) in [6.07, 6.45) is -6.08. The van der Waals surface area contributed by atoms with E-state index < -0.39 is 36.0 Å². The molecule has 0 saturated carbocycles. The molecule has 3 N–H and O–H groups in total. The van der Waals surface area contributed by atoms with E-state index in [2.05, 4.69) is 10.1 Å². The number of esters is 1. The fraction of sp³-hybridized carbons (Fsp3) is 0.188. The lowest BCUT2D eigenvalue weighted by Gasteiger charge is -2.14. The van der Waals surface area contributed by atoms with Crippen LogP contribution < -0.4 is 15.8 Å². The molecule has 11 heteroatoms. The van der Waals surface area contributed by atoms with Crippen molar-refractivity contribution < 1.29 is 37.0 Å². The summed E-state index contributed by atoms with van der Waals surface area (Å²) < 4.78 is 45.0. The van der Waals surface area contributed by atoms with Gasteiger partial charge in [0, 0.05) is 0 Å². The van der Waals surface area contributed by atoms with Crippen molar-refractivity contribution in [3.63, 3.8) is 0 Å². The van der Waals surface area contributed by atoms with Crippen LogP contribution in [0.4, 0.5) is 18.2 Å². The predicted octanol–water partition coefficient (Wildman–Crippen LogP) is 2.93. The molecule has 27 heavy (non-hydrogen) atoms. The SMILES string of the molecule is C[C@H](OC(=O)c1ccc(OC(F)(F)F)cc1)C(=O)Nc1sccc1C(N)=O. The van der Waals surface area contributed by atoms with Crippen LogP contribution >= 0.6 is 11.3 Å². The van der Waals surface area contributed by atoms with E-state index in [1.54, 1.807) is 5.38 Å². The van der Waals surface area contributed by atoms with Gasteiger partial charge in [-0.15, -0.1) is 24.5 Å². The fourth-order valence-electron chi connectivity index (χ4n) is 1.89. The second-order valence-electron chi connectivity index (χ2n) is 5.14. The number of hydrogen-bond acceptors (Lipinski definition) is 6. The van der Waals surface area contributed by atoms with Crippen LogP contribution in [0.15, 0.2) is 35.7 Å². The fourth-order valence-corrected chi connectivity index (χ4v) is 2.68. The lowest BCUT2D eigenvalue weighted by molar-refractivity contribution is -0.274. The molecule has 0 unspecified atom stereocenters. The summed E-state index contributed by atoms with van der Waals surface area (Å²) in [4.78, 5) is 35.3. The number of amides is 2. The van der Waals surface area contributed by atoms with Crippen LogP contribution in [-0.4, -0.2) is 30.2 Å². The smallest absolute Gasteiger partial charge is 0.449 e. The van der Waals surface area contributed by atoms with Crippen LogP contribution in [0.25, 0.3) is 0 Å². The van der Waals surface area contributed by atoms with Gasteiger partial charge in [0.05, 0.1) is 11.1 Å². The molecule has 0 saturated heterocycles. The van der Waals surface area contributed by atoms with Gasteiger partial charge in [0.25, 0.3) is 11.8 Å². The maximum absolute atomic E-state index is 12.1. The van der Waals surface area contributed by atoms with Crippen molar-refractivity contribution in [3.8, 4) is 5.75 Å². The van der Waals surface area contributed by atoms with Gasteiger partial charge in [-0.3, -0.25) is 9.59 Å². The monoisotopic (exact) mass is 402 g/mol. The number of ether oxygens (including phenoxy) is 2. The van der Waals surface area contributed by atoms with Crippen molar-refractivity contribution >= 4 is 34.1 Å². The molecule has 0 aliphatic carbocycles. The zero-order chi connectivity index (χ0) is 20.2. The largest absolute Gasteiger partial charge is 0.573 e. The highest BCUT2D eigenvalue weighted by molar-refractivity contribution is 7.14. The second kappa shape index (κ2) is 8.08. The third kappa shape index (κ3) is 5.71. The van der Waals surface area contributed by atoms with E-state index in [0.717, 1.165) is 35.6 Å². The number of alkyl halides is 3. The van der Waals surface area contributed by atoms with E-state index in [0.29, 0.717) is 0 Å². The molecule has 7 nitrogen and oxygen atoms in total. The number of thiophene rings is 1. The normalized spacial score (nSPS) is 12.1. The number of hydrogen-bond donors (Lipinski definition) is 2. The average molecular weight is 402 g/mol. The minimum atomic E-state index is -4.85. The van der Waals surface area contributed by atoms with Crippen LogP contribution in [0.2, 0.25) is 0 Å². The molecule has 1 heterocycles. The Morgan fingerprint density at radius 1 is 1.15 bits per heavy atom. The van der Waals surface area contributed by atoms with Gasteiger partial charge in [-0.25, -0.2) is 4.79 Å². The predicted molar refractivity (Wildman–Crippen MR) is 89.5 cm³/mol. The van der Waals surface area contributed by atoms with Gasteiger partial charge in [0.15, 0.2) is 6.10 Å². The summed E-state index contributed by atoms with van der Waals surface area (Å²) in [5.74, 6) is -2.85. The number of rotatable bonds is 6. The highest BCUT2D eigenvalue weighted by Crippen LogP contribution is 2.24. The van der Waals surface area contributed by atoms with Crippen molar-refractivity contribution in [1.82, 2.24) is 0 Å². The first-order valence-corrected chi connectivity index (χ1v) is 8.19. The lowest BCUT2D eigenvalue weighted by Crippen LogP contribution is -2.30. The van der Waals surface area contributed by atoms with Gasteiger partial charge in [-0.05, 0) is 42.6 Å².